The van der Waals surface area contributed by atoms with Gasteiger partial charge in [0.25, 0.3) is 0 Å². The lowest BCUT2D eigenvalue weighted by atomic mass is 10.2. The van der Waals surface area contributed by atoms with Crippen LogP contribution in [0.5, 0.6) is 0 Å². The Morgan fingerprint density at radius 3 is 2.75 bits per heavy atom. The molecule has 0 aliphatic carbocycles. The quantitative estimate of drug-likeness (QED) is 0.431. The first-order valence-electron chi connectivity index (χ1n) is 8.85. The van der Waals surface area contributed by atoms with Crippen molar-refractivity contribution < 1.29 is 0 Å². The fourth-order valence-electron chi connectivity index (χ4n) is 3.38. The third-order valence-electron chi connectivity index (χ3n) is 4.63. The number of rotatable bonds is 4. The molecule has 8 heteroatoms. The summed E-state index contributed by atoms with van der Waals surface area (Å²) >= 11 is 3.69. The van der Waals surface area contributed by atoms with Gasteiger partial charge in [-0.3, -0.25) is 4.57 Å². The Morgan fingerprint density at radius 2 is 1.89 bits per heavy atom. The molecule has 0 fully saturated rings. The summed E-state index contributed by atoms with van der Waals surface area (Å²) in [7, 11) is 0. The number of halogens is 1. The lowest BCUT2D eigenvalue weighted by molar-refractivity contribution is 0.769. The molecule has 3 heterocycles. The fourth-order valence-corrected chi connectivity index (χ4v) is 3.91. The first-order valence-corrected chi connectivity index (χ1v) is 9.64. The van der Waals surface area contributed by atoms with Crippen LogP contribution >= 0.6 is 15.9 Å². The van der Waals surface area contributed by atoms with Crippen LogP contribution in [0.15, 0.2) is 65.7 Å². The van der Waals surface area contributed by atoms with Crippen LogP contribution in [0.25, 0.3) is 27.9 Å². The predicted octanol–water partition coefficient (Wildman–Crippen LogP) is 4.63. The molecule has 1 atom stereocenters. The summed E-state index contributed by atoms with van der Waals surface area (Å²) in [5, 5.41) is 3.46. The van der Waals surface area contributed by atoms with E-state index < -0.39 is 0 Å². The van der Waals surface area contributed by atoms with Crippen LogP contribution < -0.4 is 5.32 Å². The van der Waals surface area contributed by atoms with Crippen molar-refractivity contribution in [1.29, 1.82) is 0 Å². The van der Waals surface area contributed by atoms with Crippen molar-refractivity contribution in [3.63, 3.8) is 0 Å². The minimum Gasteiger partial charge on any atom is -0.358 e. The van der Waals surface area contributed by atoms with E-state index in [1.165, 1.54) is 6.33 Å². The molecule has 0 saturated heterocycles. The van der Waals surface area contributed by atoms with Crippen molar-refractivity contribution in [2.45, 2.75) is 13.0 Å². The Hall–Kier alpha value is -3.26. The molecule has 2 N–H and O–H groups in total. The van der Waals surface area contributed by atoms with Gasteiger partial charge in [-0.15, -0.1) is 0 Å². The number of fused-ring (bicyclic) bond motifs is 2. The van der Waals surface area contributed by atoms with Gasteiger partial charge in [0.15, 0.2) is 11.5 Å². The van der Waals surface area contributed by atoms with Crippen LogP contribution in [0.4, 0.5) is 5.82 Å². The Balaban J connectivity index is 1.66. The van der Waals surface area contributed by atoms with Crippen molar-refractivity contribution in [2.75, 3.05) is 5.32 Å². The minimum atomic E-state index is -0.110. The van der Waals surface area contributed by atoms with Crippen molar-refractivity contribution in [3.05, 3.63) is 71.5 Å². The molecule has 5 rings (SSSR count). The van der Waals surface area contributed by atoms with Gasteiger partial charge in [0, 0.05) is 10.2 Å². The van der Waals surface area contributed by atoms with E-state index in [0.717, 1.165) is 32.5 Å². The molecular weight excluding hydrogens is 418 g/mol. The van der Waals surface area contributed by atoms with E-state index in [4.69, 9.17) is 4.98 Å². The number of aromatic amines is 1. The molecule has 7 nitrogen and oxygen atoms in total. The van der Waals surface area contributed by atoms with E-state index in [0.29, 0.717) is 11.5 Å². The second-order valence-corrected chi connectivity index (χ2v) is 7.29. The molecule has 0 saturated carbocycles. The van der Waals surface area contributed by atoms with Gasteiger partial charge in [-0.1, -0.05) is 24.3 Å². The molecule has 0 aliphatic rings. The first kappa shape index (κ1) is 16.9. The van der Waals surface area contributed by atoms with Gasteiger partial charge >= 0.3 is 0 Å². The summed E-state index contributed by atoms with van der Waals surface area (Å²) in [6, 6.07) is 16.2. The predicted molar refractivity (Wildman–Crippen MR) is 112 cm³/mol. The average molecular weight is 434 g/mol. The fraction of sp³-hybridized carbons (Fsp3) is 0.100. The van der Waals surface area contributed by atoms with E-state index in [1.54, 1.807) is 6.33 Å². The molecule has 0 aliphatic heterocycles. The number of para-hydroxylation sites is 2. The number of hydrogen-bond acceptors (Lipinski definition) is 5. The monoisotopic (exact) mass is 433 g/mol. The zero-order valence-corrected chi connectivity index (χ0v) is 16.6. The van der Waals surface area contributed by atoms with Gasteiger partial charge in [0.1, 0.15) is 17.7 Å². The molecule has 0 spiro atoms. The second kappa shape index (κ2) is 6.72. The van der Waals surface area contributed by atoms with Gasteiger partial charge in [-0.2, -0.15) is 0 Å². The number of aromatic nitrogens is 6. The Morgan fingerprint density at radius 1 is 1.04 bits per heavy atom. The van der Waals surface area contributed by atoms with Gasteiger partial charge < -0.3 is 10.3 Å². The summed E-state index contributed by atoms with van der Waals surface area (Å²) < 4.78 is 3.17. The smallest absolute Gasteiger partial charge is 0.182 e. The van der Waals surface area contributed by atoms with Crippen molar-refractivity contribution in [2.24, 2.45) is 0 Å². The maximum Gasteiger partial charge on any atom is 0.182 e. The molecule has 138 valence electrons. The standard InChI is InChI=1S/C20H16BrN7/c1-12(26-19-16-18(23-10-22-16)24-11-25-19)20-27-15-9-5-8-14(21)17(15)28(20)13-6-3-2-4-7-13/h2-12H,1H3,(H2,22,23,24,25,26). The van der Waals surface area contributed by atoms with E-state index in [-0.39, 0.29) is 6.04 Å². The van der Waals surface area contributed by atoms with Gasteiger partial charge in [0.05, 0.1) is 23.4 Å². The number of anilines is 1. The average Bonchev–Trinajstić information content (AvgIpc) is 3.34. The number of benzene rings is 2. The number of nitrogens with one attached hydrogen (secondary N) is 2. The van der Waals surface area contributed by atoms with E-state index >= 15 is 0 Å². The maximum atomic E-state index is 4.91. The largest absolute Gasteiger partial charge is 0.358 e. The zero-order valence-electron chi connectivity index (χ0n) is 15.0. The van der Waals surface area contributed by atoms with E-state index in [1.807, 2.05) is 36.4 Å². The molecule has 0 bridgehead atoms. The van der Waals surface area contributed by atoms with Crippen LogP contribution in [0.2, 0.25) is 0 Å². The number of hydrogen-bond donors (Lipinski definition) is 2. The summed E-state index contributed by atoms with van der Waals surface area (Å²) in [6.45, 7) is 2.07. The molecule has 0 radical (unpaired) electrons. The Kier molecular flexibility index (Phi) is 4.05. The normalized spacial score (nSPS) is 12.5. The summed E-state index contributed by atoms with van der Waals surface area (Å²) in [5.41, 5.74) is 4.42. The highest BCUT2D eigenvalue weighted by atomic mass is 79.9. The summed E-state index contributed by atoms with van der Waals surface area (Å²) in [5.74, 6) is 1.58. The van der Waals surface area contributed by atoms with E-state index in [9.17, 15) is 0 Å². The lowest BCUT2D eigenvalue weighted by Crippen LogP contribution is -2.14. The molecule has 3 aromatic heterocycles. The third kappa shape index (κ3) is 2.73. The highest BCUT2D eigenvalue weighted by molar-refractivity contribution is 9.10. The molecule has 0 amide bonds. The summed E-state index contributed by atoms with van der Waals surface area (Å²) in [6.07, 6.45) is 3.13. The second-order valence-electron chi connectivity index (χ2n) is 6.44. The van der Waals surface area contributed by atoms with Crippen molar-refractivity contribution in [3.8, 4) is 5.69 Å². The molecule has 2 aromatic carbocycles. The van der Waals surface area contributed by atoms with E-state index in [2.05, 4.69) is 64.8 Å². The van der Waals surface area contributed by atoms with Crippen LogP contribution in [0.3, 0.4) is 0 Å². The zero-order chi connectivity index (χ0) is 19.1. The number of imidazole rings is 2. The van der Waals surface area contributed by atoms with Crippen LogP contribution in [0, 0.1) is 0 Å². The topological polar surface area (TPSA) is 84.3 Å². The highest BCUT2D eigenvalue weighted by Gasteiger charge is 2.20. The number of nitrogens with zero attached hydrogens (tertiary/aromatic N) is 5. The van der Waals surface area contributed by atoms with Gasteiger partial charge in [-0.25, -0.2) is 19.9 Å². The van der Waals surface area contributed by atoms with Crippen molar-refractivity contribution in [1.82, 2.24) is 29.5 Å². The molecule has 28 heavy (non-hydrogen) atoms. The molecule has 1 unspecified atom stereocenters. The van der Waals surface area contributed by atoms with Crippen LogP contribution in [-0.4, -0.2) is 29.5 Å². The van der Waals surface area contributed by atoms with Crippen LogP contribution in [-0.2, 0) is 0 Å². The maximum absolute atomic E-state index is 4.91. The van der Waals surface area contributed by atoms with Crippen LogP contribution in [0.1, 0.15) is 18.8 Å². The Labute approximate surface area is 169 Å². The third-order valence-corrected chi connectivity index (χ3v) is 5.27. The molecular formula is C20H16BrN7. The molecule has 5 aromatic rings. The Bertz CT molecular complexity index is 1280. The minimum absolute atomic E-state index is 0.110. The lowest BCUT2D eigenvalue weighted by Gasteiger charge is -2.17. The highest BCUT2D eigenvalue weighted by Crippen LogP contribution is 2.32. The summed E-state index contributed by atoms with van der Waals surface area (Å²) in [4.78, 5) is 20.8. The number of H-pyrrole nitrogens is 1. The first-order chi connectivity index (χ1) is 13.7. The van der Waals surface area contributed by atoms with Gasteiger partial charge in [-0.05, 0) is 47.1 Å². The SMILES string of the molecule is CC(Nc1ncnc2nc[nH]c12)c1nc2cccc(Br)c2n1-c1ccccc1. The van der Waals surface area contributed by atoms with Crippen molar-refractivity contribution >= 4 is 43.9 Å². The van der Waals surface area contributed by atoms with Gasteiger partial charge in [0.2, 0.25) is 0 Å².